The van der Waals surface area contributed by atoms with Crippen LogP contribution in [0.4, 0.5) is 0 Å². The Morgan fingerprint density at radius 3 is 2.90 bits per heavy atom. The van der Waals surface area contributed by atoms with E-state index in [1.807, 2.05) is 0 Å². The number of aromatic nitrogens is 6. The summed E-state index contributed by atoms with van der Waals surface area (Å²) in [5, 5.41) is 15.8. The van der Waals surface area contributed by atoms with Crippen molar-refractivity contribution in [2.45, 2.75) is 6.04 Å². The van der Waals surface area contributed by atoms with Crippen LogP contribution < -0.4 is 5.32 Å². The summed E-state index contributed by atoms with van der Waals surface area (Å²) < 4.78 is 7.02. The summed E-state index contributed by atoms with van der Waals surface area (Å²) in [4.78, 5) is 8.43. The minimum atomic E-state index is 0.320. The highest BCUT2D eigenvalue weighted by Gasteiger charge is 2.22. The molecule has 9 heteroatoms. The summed E-state index contributed by atoms with van der Waals surface area (Å²) in [5.74, 6) is 0.710. The van der Waals surface area contributed by atoms with Crippen molar-refractivity contribution in [3.8, 4) is 23.1 Å². The summed E-state index contributed by atoms with van der Waals surface area (Å²) in [6.45, 7) is 1.79. The van der Waals surface area contributed by atoms with Crippen molar-refractivity contribution in [1.82, 2.24) is 35.4 Å². The maximum Gasteiger partial charge on any atom is 0.280 e. The third kappa shape index (κ3) is 2.28. The molecule has 106 valence electrons. The standard InChI is InChI=1S/C12H10ClN7O/c13-7-1-2-9(15-3-7)11-16-12(21-18-11)10-6-20(19-17-10)8-4-14-5-8/h1-3,6,8,14H,4-5H2. The third-order valence-corrected chi connectivity index (χ3v) is 3.47. The lowest BCUT2D eigenvalue weighted by Gasteiger charge is -2.26. The fourth-order valence-corrected chi connectivity index (χ4v) is 2.07. The zero-order valence-corrected chi connectivity index (χ0v) is 11.5. The second kappa shape index (κ2) is 4.90. The van der Waals surface area contributed by atoms with E-state index in [2.05, 4.69) is 30.8 Å². The topological polar surface area (TPSA) is 94.6 Å². The van der Waals surface area contributed by atoms with E-state index in [4.69, 9.17) is 16.1 Å². The van der Waals surface area contributed by atoms with Crippen LogP contribution in [0, 0.1) is 0 Å². The van der Waals surface area contributed by atoms with Crippen molar-refractivity contribution in [2.24, 2.45) is 0 Å². The van der Waals surface area contributed by atoms with Crippen molar-refractivity contribution in [1.29, 1.82) is 0 Å². The molecule has 0 atom stereocenters. The second-order valence-corrected chi connectivity index (χ2v) is 5.12. The van der Waals surface area contributed by atoms with E-state index in [1.165, 1.54) is 6.20 Å². The number of pyridine rings is 1. The van der Waals surface area contributed by atoms with Gasteiger partial charge in [0.25, 0.3) is 5.89 Å². The number of nitrogens with one attached hydrogen (secondary N) is 1. The van der Waals surface area contributed by atoms with Gasteiger partial charge in [-0.25, -0.2) is 4.68 Å². The van der Waals surface area contributed by atoms with Gasteiger partial charge in [0.15, 0.2) is 5.69 Å². The maximum atomic E-state index is 5.80. The molecule has 1 saturated heterocycles. The smallest absolute Gasteiger partial charge is 0.280 e. The molecule has 0 aromatic carbocycles. The molecule has 21 heavy (non-hydrogen) atoms. The number of hydrogen-bond acceptors (Lipinski definition) is 7. The monoisotopic (exact) mass is 303 g/mol. The molecule has 0 unspecified atom stereocenters. The van der Waals surface area contributed by atoms with E-state index in [9.17, 15) is 0 Å². The molecule has 0 radical (unpaired) electrons. The van der Waals surface area contributed by atoms with Crippen molar-refractivity contribution >= 4 is 11.6 Å². The van der Waals surface area contributed by atoms with E-state index >= 15 is 0 Å². The van der Waals surface area contributed by atoms with Crippen LogP contribution in [0.3, 0.4) is 0 Å². The van der Waals surface area contributed by atoms with Crippen LogP contribution in [0.15, 0.2) is 29.0 Å². The molecular weight excluding hydrogens is 294 g/mol. The van der Waals surface area contributed by atoms with Crippen molar-refractivity contribution < 1.29 is 4.52 Å². The Morgan fingerprint density at radius 1 is 1.29 bits per heavy atom. The average Bonchev–Trinajstić information content (AvgIpc) is 3.06. The fraction of sp³-hybridized carbons (Fsp3) is 0.250. The first-order valence-corrected chi connectivity index (χ1v) is 6.76. The van der Waals surface area contributed by atoms with Crippen LogP contribution in [0.1, 0.15) is 6.04 Å². The number of nitrogens with zero attached hydrogens (tertiary/aromatic N) is 6. The SMILES string of the molecule is Clc1ccc(-c2noc(-c3cn(C4CNC4)nn3)n2)nc1. The van der Waals surface area contributed by atoms with Crippen LogP contribution in [0.2, 0.25) is 5.02 Å². The second-order valence-electron chi connectivity index (χ2n) is 4.68. The van der Waals surface area contributed by atoms with Gasteiger partial charge in [0, 0.05) is 19.3 Å². The van der Waals surface area contributed by atoms with Crippen LogP contribution in [0.25, 0.3) is 23.1 Å². The molecular formula is C12H10ClN7O. The molecule has 3 aromatic heterocycles. The van der Waals surface area contributed by atoms with Crippen LogP contribution in [-0.2, 0) is 0 Å². The van der Waals surface area contributed by atoms with Crippen molar-refractivity contribution in [3.63, 3.8) is 0 Å². The largest absolute Gasteiger partial charge is 0.332 e. The molecule has 4 rings (SSSR count). The molecule has 0 bridgehead atoms. The summed E-state index contributed by atoms with van der Waals surface area (Å²) in [6.07, 6.45) is 3.34. The van der Waals surface area contributed by atoms with Gasteiger partial charge in [-0.2, -0.15) is 4.98 Å². The zero-order valence-electron chi connectivity index (χ0n) is 10.8. The lowest BCUT2D eigenvalue weighted by atomic mass is 10.2. The molecule has 0 amide bonds. The van der Waals surface area contributed by atoms with E-state index in [-0.39, 0.29) is 0 Å². The van der Waals surface area contributed by atoms with E-state index in [0.717, 1.165) is 13.1 Å². The molecule has 8 nitrogen and oxygen atoms in total. The molecule has 1 fully saturated rings. The van der Waals surface area contributed by atoms with Crippen LogP contribution in [0.5, 0.6) is 0 Å². The van der Waals surface area contributed by atoms with E-state index < -0.39 is 0 Å². The van der Waals surface area contributed by atoms with Crippen LogP contribution in [-0.4, -0.2) is 43.2 Å². The van der Waals surface area contributed by atoms with Gasteiger partial charge in [-0.3, -0.25) is 4.98 Å². The average molecular weight is 304 g/mol. The Morgan fingerprint density at radius 2 is 2.19 bits per heavy atom. The molecule has 4 heterocycles. The highest BCUT2D eigenvalue weighted by molar-refractivity contribution is 6.30. The number of halogens is 1. The summed E-state index contributed by atoms with van der Waals surface area (Å²) in [6, 6.07) is 3.79. The Kier molecular flexibility index (Phi) is 2.90. The number of hydrogen-bond donors (Lipinski definition) is 1. The zero-order chi connectivity index (χ0) is 14.2. The Labute approximate surface area is 124 Å². The number of rotatable bonds is 3. The first-order valence-electron chi connectivity index (χ1n) is 6.38. The van der Waals surface area contributed by atoms with Crippen molar-refractivity contribution in [2.75, 3.05) is 13.1 Å². The van der Waals surface area contributed by atoms with E-state index in [0.29, 0.717) is 34.2 Å². The van der Waals surface area contributed by atoms with E-state index in [1.54, 1.807) is 23.0 Å². The molecule has 0 aliphatic carbocycles. The third-order valence-electron chi connectivity index (χ3n) is 3.25. The lowest BCUT2D eigenvalue weighted by Crippen LogP contribution is -2.43. The van der Waals surface area contributed by atoms with Gasteiger partial charge >= 0.3 is 0 Å². The normalized spacial score (nSPS) is 15.1. The predicted molar refractivity (Wildman–Crippen MR) is 73.5 cm³/mol. The van der Waals surface area contributed by atoms with Crippen LogP contribution >= 0.6 is 11.6 Å². The predicted octanol–water partition coefficient (Wildman–Crippen LogP) is 1.19. The van der Waals surface area contributed by atoms with Gasteiger partial charge < -0.3 is 9.84 Å². The molecule has 1 aliphatic heterocycles. The highest BCUT2D eigenvalue weighted by Crippen LogP contribution is 2.21. The van der Waals surface area contributed by atoms with Gasteiger partial charge in [-0.1, -0.05) is 22.0 Å². The molecule has 3 aromatic rings. The molecule has 1 aliphatic rings. The first-order chi connectivity index (χ1) is 10.3. The quantitative estimate of drug-likeness (QED) is 0.776. The van der Waals surface area contributed by atoms with Gasteiger partial charge in [0.05, 0.1) is 17.3 Å². The Balaban J connectivity index is 1.61. The first kappa shape index (κ1) is 12.4. The summed E-state index contributed by atoms with van der Waals surface area (Å²) >= 11 is 5.80. The Bertz CT molecular complexity index is 762. The van der Waals surface area contributed by atoms with Gasteiger partial charge in [-0.05, 0) is 12.1 Å². The van der Waals surface area contributed by atoms with Crippen molar-refractivity contribution in [3.05, 3.63) is 29.5 Å². The lowest BCUT2D eigenvalue weighted by molar-refractivity contribution is 0.313. The fourth-order valence-electron chi connectivity index (χ4n) is 1.95. The van der Waals surface area contributed by atoms with Gasteiger partial charge in [0.1, 0.15) is 5.69 Å². The molecule has 0 saturated carbocycles. The summed E-state index contributed by atoms with van der Waals surface area (Å²) in [7, 11) is 0. The van der Waals surface area contributed by atoms with Gasteiger partial charge in [0.2, 0.25) is 5.82 Å². The Hall–Kier alpha value is -2.32. The molecule has 1 N–H and O–H groups in total. The summed E-state index contributed by atoms with van der Waals surface area (Å²) in [5.41, 5.74) is 1.14. The highest BCUT2D eigenvalue weighted by atomic mass is 35.5. The maximum absolute atomic E-state index is 5.80. The van der Waals surface area contributed by atoms with Gasteiger partial charge in [-0.15, -0.1) is 5.10 Å². The minimum absolute atomic E-state index is 0.320. The minimum Gasteiger partial charge on any atom is -0.332 e. The molecule has 0 spiro atoms.